The number of carbonyl (C=O) groups is 2. The van der Waals surface area contributed by atoms with Gasteiger partial charge < -0.3 is 5.11 Å². The van der Waals surface area contributed by atoms with Crippen LogP contribution in [-0.4, -0.2) is 22.3 Å². The van der Waals surface area contributed by atoms with E-state index in [1.165, 1.54) is 25.7 Å². The Morgan fingerprint density at radius 2 is 1.76 bits per heavy atom. The van der Waals surface area contributed by atoms with Crippen LogP contribution in [0.3, 0.4) is 0 Å². The van der Waals surface area contributed by atoms with Crippen molar-refractivity contribution in [3.63, 3.8) is 0 Å². The first-order valence-electron chi connectivity index (χ1n) is 12.4. The van der Waals surface area contributed by atoms with Crippen molar-refractivity contribution in [1.82, 2.24) is 0 Å². The van der Waals surface area contributed by atoms with Crippen LogP contribution in [0, 0.1) is 45.8 Å². The van der Waals surface area contributed by atoms with Gasteiger partial charge in [0.15, 0.2) is 0 Å². The van der Waals surface area contributed by atoms with Crippen molar-refractivity contribution in [2.75, 3.05) is 0 Å². The summed E-state index contributed by atoms with van der Waals surface area (Å²) in [5.41, 5.74) is -0.953. The third kappa shape index (κ3) is 2.24. The lowest BCUT2D eigenvalue weighted by Crippen LogP contribution is -2.66. The van der Waals surface area contributed by atoms with Gasteiger partial charge in [-0.15, -0.1) is 0 Å². The molecule has 0 saturated heterocycles. The van der Waals surface area contributed by atoms with Crippen LogP contribution in [0.15, 0.2) is 0 Å². The highest BCUT2D eigenvalue weighted by Crippen LogP contribution is 2.75. The minimum absolute atomic E-state index is 0.0959. The summed E-state index contributed by atoms with van der Waals surface area (Å²) in [5, 5.41) is 11.8. The number of rotatable bonds is 1. The quantitative estimate of drug-likeness (QED) is 0.647. The van der Waals surface area contributed by atoms with Gasteiger partial charge in [0.1, 0.15) is 11.6 Å². The fraction of sp³-hybridized carbons (Fsp3) is 0.923. The predicted molar refractivity (Wildman–Crippen MR) is 113 cm³/mol. The molecule has 5 saturated carbocycles. The fourth-order valence-corrected chi connectivity index (χ4v) is 10.3. The molecule has 29 heavy (non-hydrogen) atoms. The summed E-state index contributed by atoms with van der Waals surface area (Å²) < 4.78 is 0. The van der Waals surface area contributed by atoms with Gasteiger partial charge in [-0.1, -0.05) is 33.6 Å². The number of carbonyl (C=O) groups excluding carboxylic acids is 2. The van der Waals surface area contributed by atoms with Crippen LogP contribution in [0.4, 0.5) is 0 Å². The largest absolute Gasteiger partial charge is 0.389 e. The zero-order chi connectivity index (χ0) is 20.8. The Labute approximate surface area is 176 Å². The van der Waals surface area contributed by atoms with Gasteiger partial charge in [-0.2, -0.15) is 0 Å². The average molecular weight is 401 g/mol. The lowest BCUT2D eigenvalue weighted by molar-refractivity contribution is -0.230. The first kappa shape index (κ1) is 20.2. The molecule has 0 aliphatic heterocycles. The summed E-state index contributed by atoms with van der Waals surface area (Å²) in [7, 11) is 0. The highest BCUT2D eigenvalue weighted by atomic mass is 16.3. The van der Waals surface area contributed by atoms with Crippen molar-refractivity contribution in [3.05, 3.63) is 0 Å². The average Bonchev–Trinajstić information content (AvgIpc) is 2.95. The van der Waals surface area contributed by atoms with Crippen LogP contribution in [0.2, 0.25) is 0 Å². The molecule has 5 rings (SSSR count). The highest BCUT2D eigenvalue weighted by Gasteiger charge is 2.71. The maximum atomic E-state index is 13.2. The van der Waals surface area contributed by atoms with Crippen molar-refractivity contribution < 1.29 is 14.7 Å². The van der Waals surface area contributed by atoms with E-state index in [1.54, 1.807) is 0 Å². The molecule has 0 aromatic rings. The smallest absolute Gasteiger partial charge is 0.136 e. The van der Waals surface area contributed by atoms with Gasteiger partial charge in [0.2, 0.25) is 0 Å². The monoisotopic (exact) mass is 400 g/mol. The number of ketones is 2. The Morgan fingerprint density at radius 3 is 2.48 bits per heavy atom. The molecule has 0 spiro atoms. The van der Waals surface area contributed by atoms with E-state index in [0.717, 1.165) is 32.1 Å². The Bertz CT molecular complexity index is 744. The van der Waals surface area contributed by atoms with Crippen molar-refractivity contribution >= 4 is 11.6 Å². The first-order valence-corrected chi connectivity index (χ1v) is 12.4. The lowest BCUT2D eigenvalue weighted by Gasteiger charge is -2.66. The zero-order valence-electron chi connectivity index (χ0n) is 18.9. The van der Waals surface area contributed by atoms with Crippen LogP contribution >= 0.6 is 0 Å². The number of hydrogen-bond acceptors (Lipinski definition) is 3. The molecule has 5 aliphatic rings. The van der Waals surface area contributed by atoms with Gasteiger partial charge in [-0.3, -0.25) is 9.59 Å². The van der Waals surface area contributed by atoms with Crippen LogP contribution < -0.4 is 0 Å². The second-order valence-corrected chi connectivity index (χ2v) is 12.2. The van der Waals surface area contributed by atoms with Gasteiger partial charge >= 0.3 is 0 Å². The van der Waals surface area contributed by atoms with E-state index in [4.69, 9.17) is 0 Å². The minimum Gasteiger partial charge on any atom is -0.389 e. The number of Topliss-reactive ketones (excluding diaryl/α,β-unsaturated/α-hetero) is 2. The summed E-state index contributed by atoms with van der Waals surface area (Å²) >= 11 is 0. The maximum absolute atomic E-state index is 13.2. The predicted octanol–water partition coefficient (Wildman–Crippen LogP) is 5.33. The summed E-state index contributed by atoms with van der Waals surface area (Å²) in [6.07, 6.45) is 11.2. The Morgan fingerprint density at radius 1 is 1.00 bits per heavy atom. The molecule has 0 amide bonds. The van der Waals surface area contributed by atoms with Crippen LogP contribution in [0.25, 0.3) is 0 Å². The molecule has 5 fully saturated rings. The van der Waals surface area contributed by atoms with E-state index in [1.807, 2.05) is 6.92 Å². The second kappa shape index (κ2) is 6.17. The number of fused-ring (bicyclic) bond motifs is 7. The minimum atomic E-state index is -0.832. The fourth-order valence-electron chi connectivity index (χ4n) is 10.3. The van der Waals surface area contributed by atoms with Crippen molar-refractivity contribution in [1.29, 1.82) is 0 Å². The zero-order valence-corrected chi connectivity index (χ0v) is 18.9. The van der Waals surface area contributed by atoms with Crippen LogP contribution in [0.1, 0.15) is 98.3 Å². The van der Waals surface area contributed by atoms with Gasteiger partial charge in [0.25, 0.3) is 0 Å². The van der Waals surface area contributed by atoms with Crippen molar-refractivity contribution in [2.24, 2.45) is 45.8 Å². The number of aliphatic hydroxyl groups is 1. The number of hydrogen-bond donors (Lipinski definition) is 1. The summed E-state index contributed by atoms with van der Waals surface area (Å²) in [4.78, 5) is 25.5. The van der Waals surface area contributed by atoms with Gasteiger partial charge in [-0.25, -0.2) is 0 Å². The molecule has 1 N–H and O–H groups in total. The SMILES string of the molecule is CC(=O)C12CCCCC1CC1C3CC(C)[C@@]4(O)CC(=O)CCC4(C)C3CCC12C. The van der Waals surface area contributed by atoms with E-state index >= 15 is 0 Å². The molecular formula is C26H40O3. The van der Waals surface area contributed by atoms with Crippen molar-refractivity contribution in [3.8, 4) is 0 Å². The molecular weight excluding hydrogens is 360 g/mol. The lowest BCUT2D eigenvalue weighted by atomic mass is 9.40. The van der Waals surface area contributed by atoms with Crippen LogP contribution in [0.5, 0.6) is 0 Å². The van der Waals surface area contributed by atoms with E-state index in [0.29, 0.717) is 42.3 Å². The normalized spacial score (nSPS) is 56.7. The van der Waals surface area contributed by atoms with E-state index in [2.05, 4.69) is 20.8 Å². The molecule has 0 aromatic heterocycles. The summed E-state index contributed by atoms with van der Waals surface area (Å²) in [6.45, 7) is 8.85. The molecule has 9 atom stereocenters. The molecule has 0 aromatic carbocycles. The molecule has 0 bridgehead atoms. The van der Waals surface area contributed by atoms with E-state index in [9.17, 15) is 14.7 Å². The van der Waals surface area contributed by atoms with E-state index < -0.39 is 5.60 Å². The molecule has 5 aliphatic carbocycles. The van der Waals surface area contributed by atoms with E-state index in [-0.39, 0.29) is 27.9 Å². The molecule has 0 radical (unpaired) electrons. The maximum Gasteiger partial charge on any atom is 0.136 e. The highest BCUT2D eigenvalue weighted by molar-refractivity contribution is 5.84. The van der Waals surface area contributed by atoms with Gasteiger partial charge in [-0.05, 0) is 86.9 Å². The Hall–Kier alpha value is -0.700. The third-order valence-corrected chi connectivity index (χ3v) is 11.7. The molecule has 3 nitrogen and oxygen atoms in total. The van der Waals surface area contributed by atoms with Crippen molar-refractivity contribution in [2.45, 2.75) is 104 Å². The second-order valence-electron chi connectivity index (χ2n) is 12.2. The Kier molecular flexibility index (Phi) is 4.30. The molecule has 8 unspecified atom stereocenters. The van der Waals surface area contributed by atoms with Gasteiger partial charge in [0.05, 0.1) is 5.60 Å². The summed E-state index contributed by atoms with van der Waals surface area (Å²) in [5.74, 6) is 3.15. The molecule has 162 valence electrons. The third-order valence-electron chi connectivity index (χ3n) is 11.7. The standard InChI is InChI=1S/C26H40O3/c1-16-13-20-21(24(4)11-8-19(28)15-26(16,24)29)9-12-23(3)22(20)14-18-7-5-6-10-25(18,23)17(2)27/h16,18,20-22,29H,5-15H2,1-4H3/t16?,18?,20?,21?,22?,23?,24?,25?,26-/m0/s1. The van der Waals surface area contributed by atoms with Crippen LogP contribution in [-0.2, 0) is 9.59 Å². The first-order chi connectivity index (χ1) is 13.6. The summed E-state index contributed by atoms with van der Waals surface area (Å²) in [6, 6.07) is 0. The molecule has 0 heterocycles. The van der Waals surface area contributed by atoms with Gasteiger partial charge in [0, 0.05) is 23.7 Å². The Balaban J connectivity index is 1.56. The topological polar surface area (TPSA) is 54.4 Å². The molecule has 3 heteroatoms.